The molecule has 1 unspecified atom stereocenters. The maximum atomic E-state index is 12.3. The van der Waals surface area contributed by atoms with Gasteiger partial charge in [-0.3, -0.25) is 9.59 Å². The first kappa shape index (κ1) is 13.1. The number of rotatable bonds is 3. The molecule has 0 aliphatic carbocycles. The molecule has 2 rings (SSSR count). The van der Waals surface area contributed by atoms with Crippen LogP contribution in [0.25, 0.3) is 0 Å². The maximum Gasteiger partial charge on any atom is 0.305 e. The average Bonchev–Trinajstić information content (AvgIpc) is 2.85. The molecule has 1 aromatic rings. The predicted octanol–water partition coefficient (Wildman–Crippen LogP) is 1.64. The van der Waals surface area contributed by atoms with E-state index in [1.807, 2.05) is 6.07 Å². The van der Waals surface area contributed by atoms with Crippen LogP contribution in [-0.2, 0) is 4.79 Å². The van der Waals surface area contributed by atoms with Gasteiger partial charge in [-0.05, 0) is 37.1 Å². The SMILES string of the molecule is N#Cc1ccc(C(=O)N2CCCC2CC(=O)O)cc1. The van der Waals surface area contributed by atoms with Crippen LogP contribution < -0.4 is 0 Å². The van der Waals surface area contributed by atoms with Gasteiger partial charge in [-0.1, -0.05) is 0 Å². The van der Waals surface area contributed by atoms with E-state index in [1.165, 1.54) is 0 Å². The number of carboxylic acids is 1. The number of carbonyl (C=O) groups excluding carboxylic acids is 1. The molecule has 1 atom stereocenters. The van der Waals surface area contributed by atoms with Gasteiger partial charge in [0.05, 0.1) is 18.1 Å². The van der Waals surface area contributed by atoms with Gasteiger partial charge in [0.1, 0.15) is 0 Å². The topological polar surface area (TPSA) is 81.4 Å². The zero-order valence-corrected chi connectivity index (χ0v) is 10.4. The number of likely N-dealkylation sites (tertiary alicyclic amines) is 1. The van der Waals surface area contributed by atoms with E-state index in [0.717, 1.165) is 12.8 Å². The highest BCUT2D eigenvalue weighted by Gasteiger charge is 2.30. The first-order valence-electron chi connectivity index (χ1n) is 6.14. The smallest absolute Gasteiger partial charge is 0.305 e. The zero-order valence-electron chi connectivity index (χ0n) is 10.4. The maximum absolute atomic E-state index is 12.3. The van der Waals surface area contributed by atoms with Gasteiger partial charge in [0.15, 0.2) is 0 Å². The van der Waals surface area contributed by atoms with Crippen LogP contribution in [0.3, 0.4) is 0 Å². The number of hydrogen-bond acceptors (Lipinski definition) is 3. The molecule has 0 saturated carbocycles. The Morgan fingerprint density at radius 3 is 2.63 bits per heavy atom. The lowest BCUT2D eigenvalue weighted by Crippen LogP contribution is -2.36. The quantitative estimate of drug-likeness (QED) is 0.893. The summed E-state index contributed by atoms with van der Waals surface area (Å²) in [6.07, 6.45) is 1.55. The van der Waals surface area contributed by atoms with Crippen LogP contribution >= 0.6 is 0 Å². The Labute approximate surface area is 111 Å². The summed E-state index contributed by atoms with van der Waals surface area (Å²) in [5.74, 6) is -1.04. The lowest BCUT2D eigenvalue weighted by Gasteiger charge is -2.23. The van der Waals surface area contributed by atoms with Gasteiger partial charge < -0.3 is 10.0 Å². The monoisotopic (exact) mass is 258 g/mol. The van der Waals surface area contributed by atoms with E-state index in [2.05, 4.69) is 0 Å². The minimum absolute atomic E-state index is 0.0119. The van der Waals surface area contributed by atoms with Crippen LogP contribution in [0.15, 0.2) is 24.3 Å². The first-order valence-corrected chi connectivity index (χ1v) is 6.14. The van der Waals surface area contributed by atoms with Crippen LogP contribution in [0.4, 0.5) is 0 Å². The zero-order chi connectivity index (χ0) is 13.8. The van der Waals surface area contributed by atoms with Gasteiger partial charge in [-0.15, -0.1) is 0 Å². The molecule has 1 aliphatic rings. The Hall–Kier alpha value is -2.35. The third-order valence-electron chi connectivity index (χ3n) is 3.31. The number of aliphatic carboxylic acids is 1. The molecule has 19 heavy (non-hydrogen) atoms. The van der Waals surface area contributed by atoms with Gasteiger partial charge in [-0.25, -0.2) is 0 Å². The van der Waals surface area contributed by atoms with Gasteiger partial charge in [0.25, 0.3) is 5.91 Å². The third kappa shape index (κ3) is 2.91. The molecule has 0 spiro atoms. The summed E-state index contributed by atoms with van der Waals surface area (Å²) in [5, 5.41) is 17.5. The minimum Gasteiger partial charge on any atom is -0.481 e. The van der Waals surface area contributed by atoms with E-state index in [9.17, 15) is 9.59 Å². The van der Waals surface area contributed by atoms with Crippen molar-refractivity contribution >= 4 is 11.9 Å². The van der Waals surface area contributed by atoms with E-state index in [-0.39, 0.29) is 18.4 Å². The Morgan fingerprint density at radius 1 is 1.37 bits per heavy atom. The van der Waals surface area contributed by atoms with Crippen LogP contribution in [0.2, 0.25) is 0 Å². The second-order valence-electron chi connectivity index (χ2n) is 4.58. The van der Waals surface area contributed by atoms with E-state index in [1.54, 1.807) is 29.2 Å². The van der Waals surface area contributed by atoms with E-state index in [4.69, 9.17) is 10.4 Å². The molecule has 1 amide bonds. The van der Waals surface area contributed by atoms with Crippen molar-refractivity contribution < 1.29 is 14.7 Å². The van der Waals surface area contributed by atoms with Crippen molar-refractivity contribution in [2.45, 2.75) is 25.3 Å². The van der Waals surface area contributed by atoms with Crippen LogP contribution in [0.5, 0.6) is 0 Å². The molecule has 1 N–H and O–H groups in total. The average molecular weight is 258 g/mol. The fourth-order valence-electron chi connectivity index (χ4n) is 2.37. The Kier molecular flexibility index (Phi) is 3.81. The molecule has 98 valence electrons. The van der Waals surface area contributed by atoms with E-state index in [0.29, 0.717) is 17.7 Å². The van der Waals surface area contributed by atoms with Crippen LogP contribution in [0.1, 0.15) is 35.2 Å². The van der Waals surface area contributed by atoms with Crippen molar-refractivity contribution in [3.05, 3.63) is 35.4 Å². The second kappa shape index (κ2) is 5.53. The highest BCUT2D eigenvalue weighted by Crippen LogP contribution is 2.22. The van der Waals surface area contributed by atoms with E-state index >= 15 is 0 Å². The molecule has 1 fully saturated rings. The Bertz CT molecular complexity index is 531. The molecular weight excluding hydrogens is 244 g/mol. The fourth-order valence-corrected chi connectivity index (χ4v) is 2.37. The number of benzene rings is 1. The van der Waals surface area contributed by atoms with Crippen molar-refractivity contribution in [1.82, 2.24) is 4.90 Å². The third-order valence-corrected chi connectivity index (χ3v) is 3.31. The van der Waals surface area contributed by atoms with Crippen LogP contribution in [-0.4, -0.2) is 34.5 Å². The fraction of sp³-hybridized carbons (Fsp3) is 0.357. The molecule has 1 heterocycles. The number of nitrogens with zero attached hydrogens (tertiary/aromatic N) is 2. The van der Waals surface area contributed by atoms with Crippen molar-refractivity contribution in [3.8, 4) is 6.07 Å². The van der Waals surface area contributed by atoms with Crippen molar-refractivity contribution in [1.29, 1.82) is 5.26 Å². The molecular formula is C14H14N2O3. The summed E-state index contributed by atoms with van der Waals surface area (Å²) in [5.41, 5.74) is 0.997. The van der Waals surface area contributed by atoms with Crippen molar-refractivity contribution in [2.24, 2.45) is 0 Å². The lowest BCUT2D eigenvalue weighted by atomic mass is 10.1. The summed E-state index contributed by atoms with van der Waals surface area (Å²) in [6.45, 7) is 0.594. The molecule has 0 bridgehead atoms. The lowest BCUT2D eigenvalue weighted by molar-refractivity contribution is -0.137. The highest BCUT2D eigenvalue weighted by atomic mass is 16.4. The van der Waals surface area contributed by atoms with Gasteiger partial charge in [0, 0.05) is 18.2 Å². The molecule has 1 saturated heterocycles. The van der Waals surface area contributed by atoms with Crippen LogP contribution in [0, 0.1) is 11.3 Å². The number of carbonyl (C=O) groups is 2. The summed E-state index contributed by atoms with van der Waals surface area (Å²) in [7, 11) is 0. The largest absolute Gasteiger partial charge is 0.481 e. The first-order chi connectivity index (χ1) is 9.11. The molecule has 5 nitrogen and oxygen atoms in total. The summed E-state index contributed by atoms with van der Waals surface area (Å²) < 4.78 is 0. The predicted molar refractivity (Wildman–Crippen MR) is 67.5 cm³/mol. The van der Waals surface area contributed by atoms with Gasteiger partial charge in [-0.2, -0.15) is 5.26 Å². The van der Waals surface area contributed by atoms with Crippen molar-refractivity contribution in [3.63, 3.8) is 0 Å². The summed E-state index contributed by atoms with van der Waals surface area (Å²) >= 11 is 0. The summed E-state index contributed by atoms with van der Waals surface area (Å²) in [6, 6.07) is 8.18. The standard InChI is InChI=1S/C14H14N2O3/c15-9-10-3-5-11(6-4-10)14(19)16-7-1-2-12(16)8-13(17)18/h3-6,12H,1-2,7-8H2,(H,17,18). The Morgan fingerprint density at radius 2 is 2.05 bits per heavy atom. The highest BCUT2D eigenvalue weighted by molar-refractivity contribution is 5.95. The Balaban J connectivity index is 2.13. The van der Waals surface area contributed by atoms with Gasteiger partial charge >= 0.3 is 5.97 Å². The second-order valence-corrected chi connectivity index (χ2v) is 4.58. The normalized spacial score (nSPS) is 18.1. The molecule has 1 aromatic carbocycles. The summed E-state index contributed by atoms with van der Waals surface area (Å²) in [4.78, 5) is 24.7. The van der Waals surface area contributed by atoms with E-state index < -0.39 is 5.97 Å². The number of amides is 1. The molecule has 5 heteroatoms. The van der Waals surface area contributed by atoms with Crippen molar-refractivity contribution in [2.75, 3.05) is 6.54 Å². The van der Waals surface area contributed by atoms with Gasteiger partial charge in [0.2, 0.25) is 0 Å². The minimum atomic E-state index is -0.885. The molecule has 0 radical (unpaired) electrons. The number of hydrogen-bond donors (Lipinski definition) is 1. The molecule has 1 aliphatic heterocycles. The number of nitriles is 1. The number of carboxylic acid groups (broad SMARTS) is 1. The molecule has 0 aromatic heterocycles.